The lowest BCUT2D eigenvalue weighted by atomic mass is 9.63. The summed E-state index contributed by atoms with van der Waals surface area (Å²) in [7, 11) is 0. The fourth-order valence-electron chi connectivity index (χ4n) is 3.19. The molecule has 2 aliphatic carbocycles. The third-order valence-corrected chi connectivity index (χ3v) is 4.24. The number of ketones is 1. The van der Waals surface area contributed by atoms with Crippen molar-refractivity contribution in [3.05, 3.63) is 41.7 Å². The van der Waals surface area contributed by atoms with E-state index >= 15 is 0 Å². The number of pyridine rings is 1. The van der Waals surface area contributed by atoms with Crippen molar-refractivity contribution in [3.63, 3.8) is 0 Å². The average Bonchev–Trinajstić information content (AvgIpc) is 2.77. The molecule has 1 unspecified atom stereocenters. The minimum atomic E-state index is 0.247. The Balaban J connectivity index is 1.70. The van der Waals surface area contributed by atoms with Crippen molar-refractivity contribution in [2.45, 2.75) is 26.2 Å². The number of rotatable bonds is 3. The zero-order valence-electron chi connectivity index (χ0n) is 10.1. The standard InChI is InChI=1S/C15H17NO/c1-2-10-7-12-13(8-10)15(17)14(12)9-11-3-5-16-6-4-11/h3-6,8,12-14H,2,7,9H2,1H3/t12-,13+,14?/m1/s1. The molecule has 0 aromatic carbocycles. The van der Waals surface area contributed by atoms with E-state index in [4.69, 9.17) is 0 Å². The van der Waals surface area contributed by atoms with Gasteiger partial charge in [-0.05, 0) is 42.9 Å². The van der Waals surface area contributed by atoms with Crippen LogP contribution in [0, 0.1) is 17.8 Å². The van der Waals surface area contributed by atoms with Crippen molar-refractivity contribution in [2.24, 2.45) is 17.8 Å². The predicted molar refractivity (Wildman–Crippen MR) is 66.4 cm³/mol. The number of aromatic nitrogens is 1. The molecule has 2 heteroatoms. The fraction of sp³-hybridized carbons (Fsp3) is 0.467. The van der Waals surface area contributed by atoms with Gasteiger partial charge >= 0.3 is 0 Å². The van der Waals surface area contributed by atoms with Crippen molar-refractivity contribution < 1.29 is 4.79 Å². The molecule has 1 aromatic rings. The summed E-state index contributed by atoms with van der Waals surface area (Å²) in [5.41, 5.74) is 2.72. The molecule has 0 bridgehead atoms. The summed E-state index contributed by atoms with van der Waals surface area (Å²) in [6, 6.07) is 4.04. The van der Waals surface area contributed by atoms with Gasteiger partial charge in [-0.1, -0.05) is 18.6 Å². The highest BCUT2D eigenvalue weighted by atomic mass is 16.1. The Kier molecular flexibility index (Phi) is 2.58. The normalized spacial score (nSPS) is 30.8. The molecule has 1 fully saturated rings. The van der Waals surface area contributed by atoms with Crippen molar-refractivity contribution >= 4 is 5.78 Å². The van der Waals surface area contributed by atoms with Crippen LogP contribution in [0.5, 0.6) is 0 Å². The summed E-state index contributed by atoms with van der Waals surface area (Å²) in [4.78, 5) is 16.1. The molecule has 2 aliphatic rings. The number of hydrogen-bond donors (Lipinski definition) is 0. The molecular weight excluding hydrogens is 210 g/mol. The minimum Gasteiger partial charge on any atom is -0.299 e. The van der Waals surface area contributed by atoms with Gasteiger partial charge in [-0.25, -0.2) is 0 Å². The van der Waals surface area contributed by atoms with E-state index in [2.05, 4.69) is 18.0 Å². The molecule has 3 atom stereocenters. The maximum atomic E-state index is 12.0. The third kappa shape index (κ3) is 1.72. The average molecular weight is 227 g/mol. The van der Waals surface area contributed by atoms with Crippen LogP contribution in [0.4, 0.5) is 0 Å². The fourth-order valence-corrected chi connectivity index (χ4v) is 3.19. The van der Waals surface area contributed by atoms with Gasteiger partial charge in [-0.2, -0.15) is 0 Å². The van der Waals surface area contributed by atoms with E-state index in [0.29, 0.717) is 11.7 Å². The monoisotopic (exact) mass is 227 g/mol. The summed E-state index contributed by atoms with van der Waals surface area (Å²) >= 11 is 0. The van der Waals surface area contributed by atoms with Crippen LogP contribution in [0.15, 0.2) is 36.2 Å². The lowest BCUT2D eigenvalue weighted by Crippen LogP contribution is -2.45. The van der Waals surface area contributed by atoms with Crippen LogP contribution in [0.25, 0.3) is 0 Å². The van der Waals surface area contributed by atoms with Crippen molar-refractivity contribution in [3.8, 4) is 0 Å². The quantitative estimate of drug-likeness (QED) is 0.743. The smallest absolute Gasteiger partial charge is 0.143 e. The number of fused-ring (bicyclic) bond motifs is 1. The molecule has 88 valence electrons. The van der Waals surface area contributed by atoms with Crippen LogP contribution in [0.2, 0.25) is 0 Å². The molecule has 0 spiro atoms. The van der Waals surface area contributed by atoms with Gasteiger partial charge in [0.15, 0.2) is 0 Å². The Morgan fingerprint density at radius 1 is 1.35 bits per heavy atom. The Hall–Kier alpha value is -1.44. The van der Waals surface area contributed by atoms with Crippen LogP contribution >= 0.6 is 0 Å². The third-order valence-electron chi connectivity index (χ3n) is 4.24. The van der Waals surface area contributed by atoms with Crippen molar-refractivity contribution in [1.29, 1.82) is 0 Å². The molecule has 17 heavy (non-hydrogen) atoms. The molecule has 0 saturated heterocycles. The maximum Gasteiger partial charge on any atom is 0.143 e. The predicted octanol–water partition coefficient (Wildman–Crippen LogP) is 2.80. The number of hydrogen-bond acceptors (Lipinski definition) is 2. The summed E-state index contributed by atoms with van der Waals surface area (Å²) < 4.78 is 0. The van der Waals surface area contributed by atoms with Gasteiger partial charge in [0, 0.05) is 24.2 Å². The number of nitrogens with zero attached hydrogens (tertiary/aromatic N) is 1. The Bertz CT molecular complexity index is 463. The highest BCUT2D eigenvalue weighted by Gasteiger charge is 2.50. The van der Waals surface area contributed by atoms with E-state index in [1.54, 1.807) is 12.4 Å². The van der Waals surface area contributed by atoms with E-state index < -0.39 is 0 Å². The number of allylic oxidation sites excluding steroid dienone is 2. The molecule has 1 aromatic heterocycles. The SMILES string of the molecule is CCC1=C[C@@H]2C(=O)C(Cc3ccncc3)[C@@H]2C1. The number of carbonyl (C=O) groups excluding carboxylic acids is 1. The van der Waals surface area contributed by atoms with Crippen LogP contribution in [0.1, 0.15) is 25.3 Å². The zero-order valence-corrected chi connectivity index (χ0v) is 10.1. The molecular formula is C15H17NO. The largest absolute Gasteiger partial charge is 0.299 e. The number of Topliss-reactive ketones (excluding diaryl/α,β-unsaturated/α-hetero) is 1. The first kappa shape index (κ1) is 10.7. The summed E-state index contributed by atoms with van der Waals surface area (Å²) in [6.07, 6.45) is 8.97. The van der Waals surface area contributed by atoms with Crippen molar-refractivity contribution in [1.82, 2.24) is 4.98 Å². The lowest BCUT2D eigenvalue weighted by Gasteiger charge is -2.38. The van der Waals surface area contributed by atoms with Gasteiger partial charge in [0.25, 0.3) is 0 Å². The van der Waals surface area contributed by atoms with Gasteiger partial charge in [0.2, 0.25) is 0 Å². The van der Waals surface area contributed by atoms with Crippen molar-refractivity contribution in [2.75, 3.05) is 0 Å². The minimum absolute atomic E-state index is 0.247. The van der Waals surface area contributed by atoms with Crippen LogP contribution in [0.3, 0.4) is 0 Å². The maximum absolute atomic E-state index is 12.0. The second-order valence-electron chi connectivity index (χ2n) is 5.14. The van der Waals surface area contributed by atoms with Gasteiger partial charge < -0.3 is 0 Å². The summed E-state index contributed by atoms with van der Waals surface area (Å²) in [6.45, 7) is 2.18. The second-order valence-corrected chi connectivity index (χ2v) is 5.14. The first-order chi connectivity index (χ1) is 8.29. The van der Waals surface area contributed by atoms with E-state index in [-0.39, 0.29) is 11.8 Å². The van der Waals surface area contributed by atoms with E-state index in [9.17, 15) is 4.79 Å². The van der Waals surface area contributed by atoms with E-state index in [1.807, 2.05) is 12.1 Å². The molecule has 2 nitrogen and oxygen atoms in total. The highest BCUT2D eigenvalue weighted by Crippen LogP contribution is 2.48. The molecule has 0 N–H and O–H groups in total. The molecule has 1 saturated carbocycles. The first-order valence-corrected chi connectivity index (χ1v) is 6.41. The topological polar surface area (TPSA) is 30.0 Å². The molecule has 0 amide bonds. The Morgan fingerprint density at radius 2 is 2.12 bits per heavy atom. The van der Waals surface area contributed by atoms with Gasteiger partial charge in [-0.3, -0.25) is 9.78 Å². The Labute approximate surface area is 102 Å². The van der Waals surface area contributed by atoms with E-state index in [0.717, 1.165) is 19.3 Å². The van der Waals surface area contributed by atoms with E-state index in [1.165, 1.54) is 11.1 Å². The first-order valence-electron chi connectivity index (χ1n) is 6.41. The summed E-state index contributed by atoms with van der Waals surface area (Å²) in [5.74, 6) is 1.54. The van der Waals surface area contributed by atoms with Gasteiger partial charge in [0.1, 0.15) is 5.78 Å². The van der Waals surface area contributed by atoms with Gasteiger partial charge in [0.05, 0.1) is 0 Å². The number of carbonyl (C=O) groups is 1. The Morgan fingerprint density at radius 3 is 2.82 bits per heavy atom. The molecule has 1 heterocycles. The molecule has 0 radical (unpaired) electrons. The van der Waals surface area contributed by atoms with Crippen LogP contribution in [-0.2, 0) is 11.2 Å². The second kappa shape index (κ2) is 4.10. The lowest BCUT2D eigenvalue weighted by molar-refractivity contribution is -0.138. The zero-order chi connectivity index (χ0) is 11.8. The highest BCUT2D eigenvalue weighted by molar-refractivity contribution is 5.93. The molecule has 3 rings (SSSR count). The van der Waals surface area contributed by atoms with Gasteiger partial charge in [-0.15, -0.1) is 0 Å². The molecule has 0 aliphatic heterocycles. The summed E-state index contributed by atoms with van der Waals surface area (Å²) in [5, 5.41) is 0. The van der Waals surface area contributed by atoms with Crippen LogP contribution < -0.4 is 0 Å². The van der Waals surface area contributed by atoms with Crippen LogP contribution in [-0.4, -0.2) is 10.8 Å².